The molecule has 5 heteroatoms. The van der Waals surface area contributed by atoms with Gasteiger partial charge in [-0.1, -0.05) is 18.6 Å². The third-order valence-corrected chi connectivity index (χ3v) is 4.61. The van der Waals surface area contributed by atoms with Gasteiger partial charge in [0.2, 0.25) is 5.91 Å². The minimum atomic E-state index is -0.109. The lowest BCUT2D eigenvalue weighted by Gasteiger charge is -2.32. The zero-order chi connectivity index (χ0) is 17.4. The number of rotatable bonds is 8. The molecular weight excluding hydrogens is 304 g/mol. The van der Waals surface area contributed by atoms with Crippen molar-refractivity contribution >= 4 is 5.91 Å². The molecule has 1 fully saturated rings. The maximum atomic E-state index is 12.1. The summed E-state index contributed by atoms with van der Waals surface area (Å²) in [4.78, 5) is 14.4. The summed E-state index contributed by atoms with van der Waals surface area (Å²) in [5.74, 6) is 1.51. The Bertz CT molecular complexity index is 521. The summed E-state index contributed by atoms with van der Waals surface area (Å²) < 4.78 is 11.1. The van der Waals surface area contributed by atoms with Gasteiger partial charge >= 0.3 is 0 Å². The number of likely N-dealkylation sites (tertiary alicyclic amines) is 1. The molecule has 24 heavy (non-hydrogen) atoms. The number of para-hydroxylation sites is 2. The minimum absolute atomic E-state index is 0.101. The van der Waals surface area contributed by atoms with Gasteiger partial charge in [0.25, 0.3) is 0 Å². The van der Waals surface area contributed by atoms with Crippen LogP contribution in [0.25, 0.3) is 0 Å². The van der Waals surface area contributed by atoms with E-state index >= 15 is 0 Å². The molecule has 1 aliphatic rings. The Balaban J connectivity index is 1.69. The van der Waals surface area contributed by atoms with Gasteiger partial charge in [-0.15, -0.1) is 0 Å². The van der Waals surface area contributed by atoms with E-state index < -0.39 is 0 Å². The van der Waals surface area contributed by atoms with E-state index in [0.29, 0.717) is 30.5 Å². The standard InChI is InChI=1S/C19H30N2O3/c1-15(24-18-10-5-4-9-17(18)23-3)14-20-19(22)12-11-16-8-6-7-13-21(16)2/h4-5,9-10,15-16H,6-8,11-14H2,1-3H3,(H,20,22)/t15-,16+/m1/s1. The van der Waals surface area contributed by atoms with Gasteiger partial charge in [-0.3, -0.25) is 4.79 Å². The minimum Gasteiger partial charge on any atom is -0.493 e. The van der Waals surface area contributed by atoms with Crippen molar-refractivity contribution in [3.8, 4) is 11.5 Å². The van der Waals surface area contributed by atoms with Gasteiger partial charge in [0.05, 0.1) is 13.7 Å². The molecule has 1 aromatic rings. The SMILES string of the molecule is COc1ccccc1O[C@H](C)CNC(=O)CC[C@@H]1CCCCN1C. The summed E-state index contributed by atoms with van der Waals surface area (Å²) >= 11 is 0. The monoisotopic (exact) mass is 334 g/mol. The summed E-state index contributed by atoms with van der Waals surface area (Å²) in [7, 11) is 3.78. The maximum Gasteiger partial charge on any atom is 0.220 e. The summed E-state index contributed by atoms with van der Waals surface area (Å²) in [6.07, 6.45) is 5.16. The number of hydrogen-bond acceptors (Lipinski definition) is 4. The highest BCUT2D eigenvalue weighted by molar-refractivity contribution is 5.75. The average Bonchev–Trinajstić information content (AvgIpc) is 2.59. The molecule has 0 aliphatic carbocycles. The highest BCUT2D eigenvalue weighted by Gasteiger charge is 2.19. The van der Waals surface area contributed by atoms with Crippen LogP contribution in [0.5, 0.6) is 11.5 Å². The third-order valence-electron chi connectivity index (χ3n) is 4.61. The van der Waals surface area contributed by atoms with Crippen molar-refractivity contribution in [1.29, 1.82) is 0 Å². The van der Waals surface area contributed by atoms with Crippen molar-refractivity contribution in [2.24, 2.45) is 0 Å². The van der Waals surface area contributed by atoms with Crippen LogP contribution in [-0.4, -0.2) is 50.2 Å². The van der Waals surface area contributed by atoms with E-state index in [1.165, 1.54) is 19.3 Å². The molecule has 1 aliphatic heterocycles. The van der Waals surface area contributed by atoms with Crippen LogP contribution in [0, 0.1) is 0 Å². The highest BCUT2D eigenvalue weighted by Crippen LogP contribution is 2.26. The predicted molar refractivity (Wildman–Crippen MR) is 95.6 cm³/mol. The van der Waals surface area contributed by atoms with Gasteiger partial charge < -0.3 is 19.7 Å². The Kier molecular flexibility index (Phi) is 7.37. The molecule has 0 spiro atoms. The molecule has 0 unspecified atom stereocenters. The van der Waals surface area contributed by atoms with Gasteiger partial charge in [0, 0.05) is 12.5 Å². The quantitative estimate of drug-likeness (QED) is 0.794. The Morgan fingerprint density at radius 3 is 2.79 bits per heavy atom. The van der Waals surface area contributed by atoms with Crippen LogP contribution in [0.1, 0.15) is 39.0 Å². The summed E-state index contributed by atoms with van der Waals surface area (Å²) in [6, 6.07) is 8.09. The number of amides is 1. The van der Waals surface area contributed by atoms with Crippen LogP contribution in [0.2, 0.25) is 0 Å². The van der Waals surface area contributed by atoms with Gasteiger partial charge in [-0.05, 0) is 51.9 Å². The number of nitrogens with one attached hydrogen (secondary N) is 1. The third kappa shape index (κ3) is 5.71. The molecule has 1 heterocycles. The Hall–Kier alpha value is -1.75. The molecule has 5 nitrogen and oxygen atoms in total. The first-order chi connectivity index (χ1) is 11.6. The molecule has 2 rings (SSSR count). The molecule has 134 valence electrons. The molecule has 1 aromatic carbocycles. The molecule has 0 radical (unpaired) electrons. The van der Waals surface area contributed by atoms with E-state index in [1.54, 1.807) is 7.11 Å². The molecule has 0 saturated carbocycles. The molecule has 1 saturated heterocycles. The van der Waals surface area contributed by atoms with Gasteiger partial charge in [-0.2, -0.15) is 0 Å². The number of piperidine rings is 1. The van der Waals surface area contributed by atoms with Crippen molar-refractivity contribution in [2.75, 3.05) is 27.2 Å². The fraction of sp³-hybridized carbons (Fsp3) is 0.632. The molecule has 1 amide bonds. The Labute approximate surface area is 145 Å². The predicted octanol–water partition coefficient (Wildman–Crippen LogP) is 2.84. The smallest absolute Gasteiger partial charge is 0.220 e. The zero-order valence-corrected chi connectivity index (χ0v) is 15.1. The second kappa shape index (κ2) is 9.52. The lowest BCUT2D eigenvalue weighted by Crippen LogP contribution is -2.38. The van der Waals surface area contributed by atoms with E-state index in [4.69, 9.17) is 9.47 Å². The van der Waals surface area contributed by atoms with Gasteiger partial charge in [-0.25, -0.2) is 0 Å². The van der Waals surface area contributed by atoms with E-state index in [2.05, 4.69) is 17.3 Å². The maximum absolute atomic E-state index is 12.1. The molecular formula is C19H30N2O3. The average molecular weight is 334 g/mol. The number of hydrogen-bond donors (Lipinski definition) is 1. The molecule has 2 atom stereocenters. The molecule has 1 N–H and O–H groups in total. The van der Waals surface area contributed by atoms with Crippen molar-refractivity contribution in [3.63, 3.8) is 0 Å². The second-order valence-electron chi connectivity index (χ2n) is 6.55. The number of methoxy groups -OCH3 is 1. The first-order valence-electron chi connectivity index (χ1n) is 8.86. The zero-order valence-electron chi connectivity index (χ0n) is 15.1. The van der Waals surface area contributed by atoms with E-state index in [9.17, 15) is 4.79 Å². The van der Waals surface area contributed by atoms with Crippen molar-refractivity contribution in [3.05, 3.63) is 24.3 Å². The van der Waals surface area contributed by atoms with Gasteiger partial charge in [0.15, 0.2) is 11.5 Å². The highest BCUT2D eigenvalue weighted by atomic mass is 16.5. The second-order valence-corrected chi connectivity index (χ2v) is 6.55. The van der Waals surface area contributed by atoms with Crippen molar-refractivity contribution < 1.29 is 14.3 Å². The Morgan fingerprint density at radius 1 is 1.33 bits per heavy atom. The van der Waals surface area contributed by atoms with Crippen LogP contribution in [0.15, 0.2) is 24.3 Å². The molecule has 0 bridgehead atoms. The fourth-order valence-corrected chi connectivity index (χ4v) is 3.13. The van der Waals surface area contributed by atoms with Gasteiger partial charge in [0.1, 0.15) is 6.10 Å². The van der Waals surface area contributed by atoms with Crippen molar-refractivity contribution in [1.82, 2.24) is 10.2 Å². The Morgan fingerprint density at radius 2 is 2.08 bits per heavy atom. The van der Waals surface area contributed by atoms with Crippen LogP contribution < -0.4 is 14.8 Å². The normalized spacial score (nSPS) is 19.5. The lowest BCUT2D eigenvalue weighted by atomic mass is 9.98. The number of ether oxygens (including phenoxy) is 2. The van der Waals surface area contributed by atoms with Crippen LogP contribution >= 0.6 is 0 Å². The van der Waals surface area contributed by atoms with Crippen molar-refractivity contribution in [2.45, 2.75) is 51.2 Å². The van der Waals surface area contributed by atoms with E-state index in [-0.39, 0.29) is 12.0 Å². The number of carbonyl (C=O) groups is 1. The number of carbonyl (C=O) groups excluding carboxylic acids is 1. The van der Waals surface area contributed by atoms with Crippen LogP contribution in [0.3, 0.4) is 0 Å². The van der Waals surface area contributed by atoms with Crippen LogP contribution in [0.4, 0.5) is 0 Å². The summed E-state index contributed by atoms with van der Waals surface area (Å²) in [6.45, 7) is 3.59. The fourth-order valence-electron chi connectivity index (χ4n) is 3.13. The first kappa shape index (κ1) is 18.6. The molecule has 0 aromatic heterocycles. The summed E-state index contributed by atoms with van der Waals surface area (Å²) in [5.41, 5.74) is 0. The van der Waals surface area contributed by atoms with E-state index in [1.807, 2.05) is 31.2 Å². The topological polar surface area (TPSA) is 50.8 Å². The number of benzene rings is 1. The largest absolute Gasteiger partial charge is 0.493 e. The van der Waals surface area contributed by atoms with E-state index in [0.717, 1.165) is 13.0 Å². The van der Waals surface area contributed by atoms with Crippen LogP contribution in [-0.2, 0) is 4.79 Å². The summed E-state index contributed by atoms with van der Waals surface area (Å²) in [5, 5.41) is 2.97. The first-order valence-corrected chi connectivity index (χ1v) is 8.86. The number of nitrogens with zero attached hydrogens (tertiary/aromatic N) is 1. The lowest BCUT2D eigenvalue weighted by molar-refractivity contribution is -0.121.